The molecule has 2 aromatic rings. The van der Waals surface area contributed by atoms with Gasteiger partial charge in [-0.25, -0.2) is 13.1 Å². The van der Waals surface area contributed by atoms with Crippen LogP contribution in [0.5, 0.6) is 5.75 Å². The molecule has 1 atom stereocenters. The number of para-hydroxylation sites is 2. The number of benzene rings is 2. The molecule has 1 unspecified atom stereocenters. The Morgan fingerprint density at radius 2 is 1.88 bits per heavy atom. The Hall–Kier alpha value is -1.76. The van der Waals surface area contributed by atoms with Gasteiger partial charge in [-0.05, 0) is 49.2 Å². The maximum Gasteiger partial charge on any atom is 0.240 e. The lowest BCUT2D eigenvalue weighted by Crippen LogP contribution is -2.47. The lowest BCUT2D eigenvalue weighted by molar-refractivity contribution is 0.409. The van der Waals surface area contributed by atoms with Gasteiger partial charge in [0.25, 0.3) is 0 Å². The van der Waals surface area contributed by atoms with E-state index in [2.05, 4.69) is 9.62 Å². The molecule has 0 amide bonds. The summed E-state index contributed by atoms with van der Waals surface area (Å²) >= 11 is 5.84. The van der Waals surface area contributed by atoms with E-state index in [-0.39, 0.29) is 10.9 Å². The number of sulfonamides is 1. The molecule has 1 aliphatic rings. The van der Waals surface area contributed by atoms with E-state index in [9.17, 15) is 8.42 Å². The van der Waals surface area contributed by atoms with Crippen molar-refractivity contribution in [2.45, 2.75) is 23.8 Å². The average Bonchev–Trinajstić information content (AvgIpc) is 2.62. The van der Waals surface area contributed by atoms with E-state index in [1.807, 2.05) is 24.3 Å². The van der Waals surface area contributed by atoms with Crippen molar-refractivity contribution in [2.75, 3.05) is 25.1 Å². The number of rotatable bonds is 5. The third kappa shape index (κ3) is 4.26. The van der Waals surface area contributed by atoms with Crippen molar-refractivity contribution in [3.63, 3.8) is 0 Å². The van der Waals surface area contributed by atoms with Crippen LogP contribution < -0.4 is 14.4 Å². The number of halogens is 1. The second-order valence-electron chi connectivity index (χ2n) is 6.03. The van der Waals surface area contributed by atoms with Crippen LogP contribution in [0.25, 0.3) is 0 Å². The predicted octanol–water partition coefficient (Wildman–Crippen LogP) is 3.30. The van der Waals surface area contributed by atoms with Crippen molar-refractivity contribution in [1.29, 1.82) is 0 Å². The molecule has 0 bridgehead atoms. The van der Waals surface area contributed by atoms with E-state index in [0.29, 0.717) is 11.6 Å². The summed E-state index contributed by atoms with van der Waals surface area (Å²) in [7, 11) is -1.92. The molecule has 0 aliphatic carbocycles. The van der Waals surface area contributed by atoms with Gasteiger partial charge >= 0.3 is 0 Å². The Balaban J connectivity index is 1.74. The highest BCUT2D eigenvalue weighted by Gasteiger charge is 2.26. The molecule has 1 aliphatic heterocycles. The Labute approximate surface area is 153 Å². The van der Waals surface area contributed by atoms with Crippen molar-refractivity contribution in [3.8, 4) is 5.75 Å². The van der Waals surface area contributed by atoms with E-state index in [1.165, 1.54) is 12.1 Å². The fraction of sp³-hybridized carbons (Fsp3) is 0.333. The van der Waals surface area contributed by atoms with E-state index < -0.39 is 10.0 Å². The first kappa shape index (κ1) is 18.0. The summed E-state index contributed by atoms with van der Waals surface area (Å²) in [6.07, 6.45) is 1.71. The molecule has 5 nitrogen and oxygen atoms in total. The van der Waals surface area contributed by atoms with Gasteiger partial charge in [-0.3, -0.25) is 0 Å². The Morgan fingerprint density at radius 1 is 1.16 bits per heavy atom. The van der Waals surface area contributed by atoms with Crippen molar-refractivity contribution in [2.24, 2.45) is 0 Å². The molecule has 3 rings (SSSR count). The van der Waals surface area contributed by atoms with Crippen molar-refractivity contribution >= 4 is 27.3 Å². The minimum absolute atomic E-state index is 0.153. The quantitative estimate of drug-likeness (QED) is 0.864. The molecule has 134 valence electrons. The molecule has 1 fully saturated rings. The predicted molar refractivity (Wildman–Crippen MR) is 100 cm³/mol. The lowest BCUT2D eigenvalue weighted by atomic mass is 10.1. The number of nitrogens with one attached hydrogen (secondary N) is 1. The molecule has 1 heterocycles. The van der Waals surface area contributed by atoms with Crippen LogP contribution in [0.3, 0.4) is 0 Å². The maximum atomic E-state index is 12.6. The first-order valence-corrected chi connectivity index (χ1v) is 10.0. The standard InChI is InChI=1S/C18H21ClN2O3S/c1-24-18-7-3-2-6-17(18)21-12-4-5-15(13-21)20-25(22,23)16-10-8-14(19)9-11-16/h2-3,6-11,15,20H,4-5,12-13H2,1H3. The van der Waals surface area contributed by atoms with E-state index in [4.69, 9.17) is 16.3 Å². The largest absolute Gasteiger partial charge is 0.495 e. The average molecular weight is 381 g/mol. The first-order valence-electron chi connectivity index (χ1n) is 8.15. The molecule has 0 aromatic heterocycles. The highest BCUT2D eigenvalue weighted by molar-refractivity contribution is 7.89. The van der Waals surface area contributed by atoms with Gasteiger partial charge in [-0.1, -0.05) is 23.7 Å². The van der Waals surface area contributed by atoms with Crippen LogP contribution in [0.4, 0.5) is 5.69 Å². The van der Waals surface area contributed by atoms with Gasteiger partial charge in [-0.15, -0.1) is 0 Å². The van der Waals surface area contributed by atoms with E-state index >= 15 is 0 Å². The lowest BCUT2D eigenvalue weighted by Gasteiger charge is -2.35. The fourth-order valence-corrected chi connectivity index (χ4v) is 4.47. The molecular formula is C18H21ClN2O3S. The summed E-state index contributed by atoms with van der Waals surface area (Å²) in [5.41, 5.74) is 0.986. The summed E-state index contributed by atoms with van der Waals surface area (Å²) in [6.45, 7) is 1.48. The minimum atomic E-state index is -3.56. The second kappa shape index (κ2) is 7.64. The molecular weight excluding hydrogens is 360 g/mol. The van der Waals surface area contributed by atoms with Gasteiger partial charge in [0.15, 0.2) is 0 Å². The van der Waals surface area contributed by atoms with Gasteiger partial charge in [0.2, 0.25) is 10.0 Å². The summed E-state index contributed by atoms with van der Waals surface area (Å²) < 4.78 is 33.4. The monoisotopic (exact) mass is 380 g/mol. The topological polar surface area (TPSA) is 58.6 Å². The van der Waals surface area contributed by atoms with Crippen LogP contribution in [0.2, 0.25) is 5.02 Å². The zero-order chi connectivity index (χ0) is 17.9. The first-order chi connectivity index (χ1) is 12.0. The van der Waals surface area contributed by atoms with Crippen LogP contribution in [0, 0.1) is 0 Å². The van der Waals surface area contributed by atoms with E-state index in [1.54, 1.807) is 19.2 Å². The molecule has 7 heteroatoms. The van der Waals surface area contributed by atoms with Gasteiger partial charge in [-0.2, -0.15) is 0 Å². The number of hydrogen-bond donors (Lipinski definition) is 1. The van der Waals surface area contributed by atoms with Gasteiger partial charge in [0.05, 0.1) is 17.7 Å². The summed E-state index contributed by atoms with van der Waals surface area (Å²) in [4.78, 5) is 2.39. The van der Waals surface area contributed by atoms with Crippen molar-refractivity contribution in [1.82, 2.24) is 4.72 Å². The van der Waals surface area contributed by atoms with Crippen LogP contribution in [0.1, 0.15) is 12.8 Å². The highest BCUT2D eigenvalue weighted by Crippen LogP contribution is 2.30. The number of piperidine rings is 1. The summed E-state index contributed by atoms with van der Waals surface area (Å²) in [5, 5.41) is 0.513. The molecule has 0 spiro atoms. The van der Waals surface area contributed by atoms with Crippen molar-refractivity contribution in [3.05, 3.63) is 53.6 Å². The SMILES string of the molecule is COc1ccccc1N1CCCC(NS(=O)(=O)c2ccc(Cl)cc2)C1. The van der Waals surface area contributed by atoms with Crippen LogP contribution >= 0.6 is 11.6 Å². The van der Waals surface area contributed by atoms with Crippen LogP contribution in [0.15, 0.2) is 53.4 Å². The van der Waals surface area contributed by atoms with Gasteiger partial charge < -0.3 is 9.64 Å². The Morgan fingerprint density at radius 3 is 2.60 bits per heavy atom. The smallest absolute Gasteiger partial charge is 0.240 e. The minimum Gasteiger partial charge on any atom is -0.495 e. The summed E-state index contributed by atoms with van der Waals surface area (Å²) in [5.74, 6) is 0.795. The van der Waals surface area contributed by atoms with Crippen molar-refractivity contribution < 1.29 is 13.2 Å². The number of nitrogens with zero attached hydrogens (tertiary/aromatic N) is 1. The van der Waals surface area contributed by atoms with Crippen LogP contribution in [-0.2, 0) is 10.0 Å². The Kier molecular flexibility index (Phi) is 5.51. The van der Waals surface area contributed by atoms with Gasteiger partial charge in [0, 0.05) is 24.2 Å². The molecule has 2 aromatic carbocycles. The van der Waals surface area contributed by atoms with Gasteiger partial charge in [0.1, 0.15) is 5.75 Å². The molecule has 25 heavy (non-hydrogen) atoms. The number of hydrogen-bond acceptors (Lipinski definition) is 4. The third-order valence-corrected chi connectivity index (χ3v) is 6.08. The number of methoxy groups -OCH3 is 1. The Bertz CT molecular complexity index is 824. The zero-order valence-corrected chi connectivity index (χ0v) is 15.6. The number of anilines is 1. The maximum absolute atomic E-state index is 12.6. The normalized spacial score (nSPS) is 18.2. The molecule has 1 N–H and O–H groups in total. The molecule has 0 radical (unpaired) electrons. The summed E-state index contributed by atoms with van der Waals surface area (Å²) in [6, 6.07) is 13.8. The highest BCUT2D eigenvalue weighted by atomic mass is 35.5. The van der Waals surface area contributed by atoms with E-state index in [0.717, 1.165) is 30.8 Å². The molecule has 0 saturated carbocycles. The second-order valence-corrected chi connectivity index (χ2v) is 8.18. The fourth-order valence-electron chi connectivity index (χ4n) is 3.08. The zero-order valence-electron chi connectivity index (χ0n) is 14.0. The van der Waals surface area contributed by atoms with Crippen LogP contribution in [-0.4, -0.2) is 34.7 Å². The molecule has 1 saturated heterocycles. The number of ether oxygens (including phenoxy) is 1. The third-order valence-electron chi connectivity index (χ3n) is 4.29.